The first-order valence-electron chi connectivity index (χ1n) is 5.61. The Balaban J connectivity index is 2.00. The Bertz CT molecular complexity index is 551. The second kappa shape index (κ2) is 5.40. The van der Waals surface area contributed by atoms with Crippen LogP contribution in [0, 0.1) is 6.92 Å². The lowest BCUT2D eigenvalue weighted by Gasteiger charge is -2.12. The maximum Gasteiger partial charge on any atom is 0.416 e. The number of halogens is 3. The normalized spacial score (nSPS) is 11.8. The lowest BCUT2D eigenvalue weighted by atomic mass is 10.1. The van der Waals surface area contributed by atoms with E-state index in [0.29, 0.717) is 11.8 Å². The molecule has 1 N–H and O–H groups in total. The third kappa shape index (κ3) is 3.54. The molecule has 102 valence electrons. The molecule has 0 radical (unpaired) electrons. The molecular formula is C12H12F3N3O. The molecular weight excluding hydrogens is 259 g/mol. The minimum Gasteiger partial charge on any atom is -0.424 e. The summed E-state index contributed by atoms with van der Waals surface area (Å²) in [5.74, 6) is 0.773. The number of aromatic nitrogens is 2. The van der Waals surface area contributed by atoms with Gasteiger partial charge in [0.1, 0.15) is 0 Å². The molecule has 0 saturated heterocycles. The summed E-state index contributed by atoms with van der Waals surface area (Å²) in [6, 6.07) is 5.44. The van der Waals surface area contributed by atoms with E-state index < -0.39 is 11.7 Å². The van der Waals surface area contributed by atoms with Crippen LogP contribution >= 0.6 is 0 Å². The number of hydrogen-bond acceptors (Lipinski definition) is 4. The summed E-state index contributed by atoms with van der Waals surface area (Å²) in [5, 5.41) is 10.2. The van der Waals surface area contributed by atoms with E-state index in [1.807, 2.05) is 0 Å². The van der Waals surface area contributed by atoms with Crippen molar-refractivity contribution in [3.8, 4) is 0 Å². The monoisotopic (exact) mass is 271 g/mol. The standard InChI is InChI=1S/C12H12F3N3O/c1-8-17-18-11(19-8)7-16-6-9-4-2-3-5-10(9)12(13,14)15/h2-5,16H,6-7H2,1H3. The van der Waals surface area contributed by atoms with Crippen LogP contribution in [-0.4, -0.2) is 10.2 Å². The van der Waals surface area contributed by atoms with Crippen molar-refractivity contribution in [2.24, 2.45) is 0 Å². The predicted molar refractivity (Wildman–Crippen MR) is 61.0 cm³/mol. The van der Waals surface area contributed by atoms with Crippen LogP contribution in [0.4, 0.5) is 13.2 Å². The average Bonchev–Trinajstić information content (AvgIpc) is 2.74. The first-order valence-corrected chi connectivity index (χ1v) is 5.61. The average molecular weight is 271 g/mol. The van der Waals surface area contributed by atoms with E-state index in [-0.39, 0.29) is 18.7 Å². The van der Waals surface area contributed by atoms with Gasteiger partial charge in [0.15, 0.2) is 0 Å². The van der Waals surface area contributed by atoms with E-state index >= 15 is 0 Å². The van der Waals surface area contributed by atoms with Gasteiger partial charge < -0.3 is 9.73 Å². The summed E-state index contributed by atoms with van der Waals surface area (Å²) in [6.07, 6.45) is -4.35. The number of hydrogen-bond donors (Lipinski definition) is 1. The molecule has 0 unspecified atom stereocenters. The number of benzene rings is 1. The van der Waals surface area contributed by atoms with E-state index in [1.165, 1.54) is 12.1 Å². The number of rotatable bonds is 4. The Kier molecular flexibility index (Phi) is 3.84. The van der Waals surface area contributed by atoms with Crippen LogP contribution < -0.4 is 5.32 Å². The van der Waals surface area contributed by atoms with Gasteiger partial charge in [-0.3, -0.25) is 0 Å². The van der Waals surface area contributed by atoms with Crippen molar-refractivity contribution in [2.45, 2.75) is 26.2 Å². The van der Waals surface area contributed by atoms with Crippen molar-refractivity contribution >= 4 is 0 Å². The molecule has 0 spiro atoms. The molecule has 0 amide bonds. The Hall–Kier alpha value is -1.89. The highest BCUT2D eigenvalue weighted by Crippen LogP contribution is 2.31. The zero-order chi connectivity index (χ0) is 13.9. The van der Waals surface area contributed by atoms with Crippen LogP contribution in [-0.2, 0) is 19.3 Å². The van der Waals surface area contributed by atoms with Crippen LogP contribution in [0.5, 0.6) is 0 Å². The van der Waals surface area contributed by atoms with Crippen molar-refractivity contribution < 1.29 is 17.6 Å². The third-order valence-electron chi connectivity index (χ3n) is 2.48. The van der Waals surface area contributed by atoms with Crippen molar-refractivity contribution in [2.75, 3.05) is 0 Å². The van der Waals surface area contributed by atoms with Gasteiger partial charge >= 0.3 is 6.18 Å². The van der Waals surface area contributed by atoms with E-state index in [4.69, 9.17) is 4.42 Å². The molecule has 2 rings (SSSR count). The summed E-state index contributed by atoms with van der Waals surface area (Å²) < 4.78 is 43.3. The van der Waals surface area contributed by atoms with E-state index in [0.717, 1.165) is 6.07 Å². The first-order chi connectivity index (χ1) is 8.97. The Morgan fingerprint density at radius 2 is 1.89 bits per heavy atom. The van der Waals surface area contributed by atoms with Crippen LogP contribution in [0.2, 0.25) is 0 Å². The zero-order valence-electron chi connectivity index (χ0n) is 10.2. The maximum atomic E-state index is 12.7. The molecule has 1 aromatic carbocycles. The molecule has 0 aliphatic carbocycles. The van der Waals surface area contributed by atoms with Gasteiger partial charge in [-0.25, -0.2) is 0 Å². The van der Waals surface area contributed by atoms with E-state index in [9.17, 15) is 13.2 Å². The van der Waals surface area contributed by atoms with Crippen molar-refractivity contribution in [3.63, 3.8) is 0 Å². The molecule has 7 heteroatoms. The molecule has 1 heterocycles. The van der Waals surface area contributed by atoms with Gasteiger partial charge in [-0.2, -0.15) is 13.2 Å². The predicted octanol–water partition coefficient (Wildman–Crippen LogP) is 2.69. The van der Waals surface area contributed by atoms with Gasteiger partial charge in [-0.15, -0.1) is 10.2 Å². The largest absolute Gasteiger partial charge is 0.424 e. The number of nitrogens with one attached hydrogen (secondary N) is 1. The highest BCUT2D eigenvalue weighted by molar-refractivity contribution is 5.29. The smallest absolute Gasteiger partial charge is 0.416 e. The van der Waals surface area contributed by atoms with Gasteiger partial charge in [-0.1, -0.05) is 18.2 Å². The summed E-state index contributed by atoms with van der Waals surface area (Å²) in [5.41, 5.74) is -0.449. The number of alkyl halides is 3. The van der Waals surface area contributed by atoms with E-state index in [1.54, 1.807) is 13.0 Å². The third-order valence-corrected chi connectivity index (χ3v) is 2.48. The van der Waals surface area contributed by atoms with Crippen LogP contribution in [0.15, 0.2) is 28.7 Å². The van der Waals surface area contributed by atoms with Gasteiger partial charge in [0.05, 0.1) is 12.1 Å². The summed E-state index contributed by atoms with van der Waals surface area (Å²) >= 11 is 0. The Morgan fingerprint density at radius 1 is 1.16 bits per heavy atom. The summed E-state index contributed by atoms with van der Waals surface area (Å²) in [4.78, 5) is 0. The highest BCUT2D eigenvalue weighted by atomic mass is 19.4. The minimum atomic E-state index is -4.35. The summed E-state index contributed by atoms with van der Waals surface area (Å²) in [7, 11) is 0. The minimum absolute atomic E-state index is 0.0805. The zero-order valence-corrected chi connectivity index (χ0v) is 10.2. The fourth-order valence-electron chi connectivity index (χ4n) is 1.66. The fraction of sp³-hybridized carbons (Fsp3) is 0.333. The Morgan fingerprint density at radius 3 is 2.53 bits per heavy atom. The topological polar surface area (TPSA) is 51.0 Å². The maximum absolute atomic E-state index is 12.7. The van der Waals surface area contributed by atoms with Crippen molar-refractivity contribution in [3.05, 3.63) is 47.2 Å². The molecule has 0 aliphatic heterocycles. The van der Waals surface area contributed by atoms with E-state index in [2.05, 4.69) is 15.5 Å². The van der Waals surface area contributed by atoms with Gasteiger partial charge in [-0.05, 0) is 11.6 Å². The quantitative estimate of drug-likeness (QED) is 0.928. The molecule has 19 heavy (non-hydrogen) atoms. The molecule has 0 bridgehead atoms. The van der Waals surface area contributed by atoms with Crippen molar-refractivity contribution in [1.29, 1.82) is 0 Å². The number of nitrogens with zero attached hydrogens (tertiary/aromatic N) is 2. The molecule has 0 fully saturated rings. The first kappa shape index (κ1) is 13.5. The molecule has 2 aromatic rings. The van der Waals surface area contributed by atoms with Gasteiger partial charge in [0.2, 0.25) is 11.8 Å². The second-order valence-corrected chi connectivity index (χ2v) is 3.97. The van der Waals surface area contributed by atoms with Gasteiger partial charge in [0.25, 0.3) is 0 Å². The Labute approximate surface area is 107 Å². The fourth-order valence-corrected chi connectivity index (χ4v) is 1.66. The molecule has 4 nitrogen and oxygen atoms in total. The van der Waals surface area contributed by atoms with Crippen LogP contribution in [0.3, 0.4) is 0 Å². The molecule has 1 aromatic heterocycles. The van der Waals surface area contributed by atoms with Gasteiger partial charge in [0, 0.05) is 13.5 Å². The molecule has 0 saturated carbocycles. The lowest BCUT2D eigenvalue weighted by Crippen LogP contribution is -2.17. The SMILES string of the molecule is Cc1nnc(CNCc2ccccc2C(F)(F)F)o1. The second-order valence-electron chi connectivity index (χ2n) is 3.97. The highest BCUT2D eigenvalue weighted by Gasteiger charge is 2.32. The molecule has 0 aliphatic rings. The molecule has 0 atom stereocenters. The summed E-state index contributed by atoms with van der Waals surface area (Å²) in [6.45, 7) is 1.96. The van der Waals surface area contributed by atoms with Crippen LogP contribution in [0.1, 0.15) is 22.9 Å². The number of aryl methyl sites for hydroxylation is 1. The van der Waals surface area contributed by atoms with Crippen LogP contribution in [0.25, 0.3) is 0 Å². The van der Waals surface area contributed by atoms with Crippen molar-refractivity contribution in [1.82, 2.24) is 15.5 Å². The lowest BCUT2D eigenvalue weighted by molar-refractivity contribution is -0.138.